The average Bonchev–Trinajstić information content (AvgIpc) is 2.89. The highest BCUT2D eigenvalue weighted by molar-refractivity contribution is 6.07. The predicted molar refractivity (Wildman–Crippen MR) is 96.0 cm³/mol. The molecule has 2 aliphatic heterocycles. The summed E-state index contributed by atoms with van der Waals surface area (Å²) in [5.74, 6) is -1.31. The molecular formula is C18H28N4O5. The third-order valence-corrected chi connectivity index (χ3v) is 5.92. The molecule has 3 fully saturated rings. The number of rotatable bonds is 5. The zero-order valence-corrected chi connectivity index (χ0v) is 15.5. The van der Waals surface area contributed by atoms with Crippen molar-refractivity contribution in [1.82, 2.24) is 20.4 Å². The minimum Gasteiger partial charge on any atom is -0.481 e. The van der Waals surface area contributed by atoms with Crippen molar-refractivity contribution < 1.29 is 24.3 Å². The van der Waals surface area contributed by atoms with Gasteiger partial charge in [-0.1, -0.05) is 19.3 Å². The summed E-state index contributed by atoms with van der Waals surface area (Å²) in [4.78, 5) is 50.8. The first kappa shape index (κ1) is 19.4. The van der Waals surface area contributed by atoms with E-state index < -0.39 is 11.5 Å². The van der Waals surface area contributed by atoms with Crippen LogP contribution in [0, 0.1) is 5.92 Å². The monoisotopic (exact) mass is 380 g/mol. The molecule has 1 spiro atoms. The number of hydrogen-bond donors (Lipinski definition) is 3. The molecule has 5 amide bonds. The molecule has 9 nitrogen and oxygen atoms in total. The Balaban J connectivity index is 1.39. The second-order valence-electron chi connectivity index (χ2n) is 7.71. The lowest BCUT2D eigenvalue weighted by Gasteiger charge is -2.30. The molecule has 2 saturated heterocycles. The number of aliphatic carboxylic acids is 1. The Morgan fingerprint density at radius 3 is 2.44 bits per heavy atom. The lowest BCUT2D eigenvalue weighted by molar-refractivity contribution is -0.143. The van der Waals surface area contributed by atoms with Crippen LogP contribution in [-0.2, 0) is 9.59 Å². The van der Waals surface area contributed by atoms with Gasteiger partial charge >= 0.3 is 18.0 Å². The number of likely N-dealkylation sites (tertiary alicyclic amines) is 1. The smallest absolute Gasteiger partial charge is 0.325 e. The molecule has 0 unspecified atom stereocenters. The van der Waals surface area contributed by atoms with Crippen LogP contribution in [0.5, 0.6) is 0 Å². The van der Waals surface area contributed by atoms with Crippen LogP contribution in [0.15, 0.2) is 0 Å². The number of carbonyl (C=O) groups is 4. The number of amides is 5. The maximum absolute atomic E-state index is 12.7. The summed E-state index contributed by atoms with van der Waals surface area (Å²) in [7, 11) is 0. The molecule has 0 aromatic carbocycles. The van der Waals surface area contributed by atoms with Crippen molar-refractivity contribution in [3.63, 3.8) is 0 Å². The lowest BCUT2D eigenvalue weighted by atomic mass is 9.82. The number of carboxylic acid groups (broad SMARTS) is 1. The molecule has 1 saturated carbocycles. The topological polar surface area (TPSA) is 119 Å². The van der Waals surface area contributed by atoms with Crippen molar-refractivity contribution in [2.75, 3.05) is 26.2 Å². The van der Waals surface area contributed by atoms with Gasteiger partial charge in [-0.25, -0.2) is 9.59 Å². The van der Waals surface area contributed by atoms with Crippen molar-refractivity contribution in [2.24, 2.45) is 5.92 Å². The fraction of sp³-hybridized carbons (Fsp3) is 0.778. The van der Waals surface area contributed by atoms with E-state index in [0.29, 0.717) is 51.7 Å². The fourth-order valence-electron chi connectivity index (χ4n) is 4.25. The summed E-state index contributed by atoms with van der Waals surface area (Å²) in [5, 5.41) is 14.7. The highest BCUT2D eigenvalue weighted by atomic mass is 16.4. The van der Waals surface area contributed by atoms with E-state index in [0.717, 1.165) is 19.3 Å². The normalized spacial score (nSPS) is 22.8. The molecule has 0 radical (unpaired) electrons. The van der Waals surface area contributed by atoms with Crippen LogP contribution < -0.4 is 10.6 Å². The maximum atomic E-state index is 12.7. The zero-order chi connectivity index (χ0) is 19.4. The van der Waals surface area contributed by atoms with E-state index in [4.69, 9.17) is 5.11 Å². The van der Waals surface area contributed by atoms with Gasteiger partial charge < -0.3 is 20.6 Å². The van der Waals surface area contributed by atoms with Crippen LogP contribution in [0.1, 0.15) is 51.4 Å². The Morgan fingerprint density at radius 1 is 1.15 bits per heavy atom. The van der Waals surface area contributed by atoms with E-state index in [1.807, 2.05) is 0 Å². The SMILES string of the molecule is O=C(O)C1CCN(C(=O)NCCCN2C(=O)NC3(CCCCC3)C2=O)CC1. The van der Waals surface area contributed by atoms with Crippen LogP contribution in [0.4, 0.5) is 9.59 Å². The van der Waals surface area contributed by atoms with Gasteiger partial charge in [0, 0.05) is 26.2 Å². The highest BCUT2D eigenvalue weighted by Gasteiger charge is 2.50. The van der Waals surface area contributed by atoms with E-state index in [-0.39, 0.29) is 30.4 Å². The van der Waals surface area contributed by atoms with Gasteiger partial charge in [0.05, 0.1) is 5.92 Å². The molecule has 9 heteroatoms. The zero-order valence-electron chi connectivity index (χ0n) is 15.5. The number of urea groups is 2. The second kappa shape index (κ2) is 8.14. The molecule has 0 aromatic heterocycles. The first-order chi connectivity index (χ1) is 12.9. The molecule has 27 heavy (non-hydrogen) atoms. The number of piperidine rings is 1. The van der Waals surface area contributed by atoms with Crippen LogP contribution >= 0.6 is 0 Å². The predicted octanol–water partition coefficient (Wildman–Crippen LogP) is 1.14. The molecule has 3 aliphatic rings. The number of nitrogens with zero attached hydrogens (tertiary/aromatic N) is 2. The van der Waals surface area contributed by atoms with Crippen molar-refractivity contribution >= 4 is 23.9 Å². The summed E-state index contributed by atoms with van der Waals surface area (Å²) in [6.07, 6.45) is 5.84. The lowest BCUT2D eigenvalue weighted by Crippen LogP contribution is -2.48. The first-order valence-corrected chi connectivity index (χ1v) is 9.83. The summed E-state index contributed by atoms with van der Waals surface area (Å²) in [6, 6.07) is -0.552. The maximum Gasteiger partial charge on any atom is 0.325 e. The van der Waals surface area contributed by atoms with Crippen molar-refractivity contribution in [3.8, 4) is 0 Å². The molecule has 0 aromatic rings. The van der Waals surface area contributed by atoms with E-state index in [1.54, 1.807) is 4.90 Å². The van der Waals surface area contributed by atoms with Crippen molar-refractivity contribution in [1.29, 1.82) is 0 Å². The number of nitrogens with one attached hydrogen (secondary N) is 2. The first-order valence-electron chi connectivity index (χ1n) is 9.83. The summed E-state index contributed by atoms with van der Waals surface area (Å²) < 4.78 is 0. The molecule has 3 rings (SSSR count). The van der Waals surface area contributed by atoms with Crippen LogP contribution in [0.25, 0.3) is 0 Å². The molecule has 2 heterocycles. The Hall–Kier alpha value is -2.32. The molecule has 150 valence electrons. The van der Waals surface area contributed by atoms with Gasteiger partial charge in [0.25, 0.3) is 5.91 Å². The highest BCUT2D eigenvalue weighted by Crippen LogP contribution is 2.33. The number of carbonyl (C=O) groups excluding carboxylic acids is 3. The Morgan fingerprint density at radius 2 is 1.81 bits per heavy atom. The quantitative estimate of drug-likeness (QED) is 0.488. The minimum absolute atomic E-state index is 0.130. The number of imide groups is 1. The van der Waals surface area contributed by atoms with Gasteiger partial charge in [-0.3, -0.25) is 14.5 Å². The molecule has 1 aliphatic carbocycles. The van der Waals surface area contributed by atoms with Gasteiger partial charge in [-0.2, -0.15) is 0 Å². The van der Waals surface area contributed by atoms with E-state index in [9.17, 15) is 19.2 Å². The van der Waals surface area contributed by atoms with Crippen LogP contribution in [0.3, 0.4) is 0 Å². The van der Waals surface area contributed by atoms with Crippen LogP contribution in [0.2, 0.25) is 0 Å². The second-order valence-corrected chi connectivity index (χ2v) is 7.71. The van der Waals surface area contributed by atoms with Gasteiger partial charge in [0.1, 0.15) is 5.54 Å². The van der Waals surface area contributed by atoms with Gasteiger partial charge in [0.15, 0.2) is 0 Å². The van der Waals surface area contributed by atoms with Gasteiger partial charge in [0.2, 0.25) is 0 Å². The van der Waals surface area contributed by atoms with Crippen LogP contribution in [-0.4, -0.2) is 70.6 Å². The molecular weight excluding hydrogens is 352 g/mol. The third kappa shape index (κ3) is 4.17. The summed E-state index contributed by atoms with van der Waals surface area (Å²) >= 11 is 0. The van der Waals surface area contributed by atoms with Gasteiger partial charge in [-0.15, -0.1) is 0 Å². The number of carboxylic acids is 1. The Labute approximate surface area is 158 Å². The van der Waals surface area contributed by atoms with E-state index in [2.05, 4.69) is 10.6 Å². The minimum atomic E-state index is -0.806. The molecule has 0 atom stereocenters. The summed E-state index contributed by atoms with van der Waals surface area (Å²) in [6.45, 7) is 1.51. The Kier molecular flexibility index (Phi) is 5.86. The van der Waals surface area contributed by atoms with E-state index >= 15 is 0 Å². The molecule has 0 bridgehead atoms. The molecule has 3 N–H and O–H groups in total. The largest absolute Gasteiger partial charge is 0.481 e. The van der Waals surface area contributed by atoms with Gasteiger partial charge in [-0.05, 0) is 32.1 Å². The average molecular weight is 380 g/mol. The van der Waals surface area contributed by atoms with E-state index in [1.165, 1.54) is 4.90 Å². The fourth-order valence-corrected chi connectivity index (χ4v) is 4.25. The van der Waals surface area contributed by atoms with Crippen molar-refractivity contribution in [3.05, 3.63) is 0 Å². The summed E-state index contributed by atoms with van der Waals surface area (Å²) in [5.41, 5.74) is -0.701. The van der Waals surface area contributed by atoms with Crippen molar-refractivity contribution in [2.45, 2.75) is 56.9 Å². The third-order valence-electron chi connectivity index (χ3n) is 5.92. The Bertz CT molecular complexity index is 609. The standard InChI is InChI=1S/C18H28N4O5/c23-14(24)13-5-11-21(12-6-13)16(26)19-9-4-10-22-15(25)18(20-17(22)27)7-2-1-3-8-18/h13H,1-12H2,(H,19,26)(H,20,27)(H,23,24). The number of hydrogen-bond acceptors (Lipinski definition) is 4.